The molecule has 2 aliphatic heterocycles. The predicted molar refractivity (Wildman–Crippen MR) is 118 cm³/mol. The molecule has 0 atom stereocenters. The van der Waals surface area contributed by atoms with Crippen molar-refractivity contribution in [3.63, 3.8) is 0 Å². The quantitative estimate of drug-likeness (QED) is 0.404. The zero-order chi connectivity index (χ0) is 21.3. The fourth-order valence-corrected chi connectivity index (χ4v) is 3.98. The molecule has 0 aromatic heterocycles. The normalized spacial score (nSPS) is 12.1. The number of halogens is 2. The van der Waals surface area contributed by atoms with Gasteiger partial charge in [0.05, 0.1) is 16.6 Å². The van der Waals surface area contributed by atoms with E-state index in [0.717, 1.165) is 11.6 Å². The second kappa shape index (κ2) is 8.47. The van der Waals surface area contributed by atoms with Crippen molar-refractivity contribution in [3.8, 4) is 11.5 Å². The lowest BCUT2D eigenvalue weighted by Crippen LogP contribution is -2.31. The van der Waals surface area contributed by atoms with Crippen molar-refractivity contribution in [3.05, 3.63) is 61.0 Å². The average Bonchev–Trinajstić information content (AvgIpc) is 2.94. The highest BCUT2D eigenvalue weighted by molar-refractivity contribution is 6.76. The zero-order valence-corrected chi connectivity index (χ0v) is 19.4. The van der Waals surface area contributed by atoms with E-state index in [1.807, 2.05) is 0 Å². The van der Waals surface area contributed by atoms with Gasteiger partial charge in [-0.3, -0.25) is 13.7 Å². The second-order valence-corrected chi connectivity index (χ2v) is 14.7. The van der Waals surface area contributed by atoms with E-state index in [0.29, 0.717) is 28.2 Å². The van der Waals surface area contributed by atoms with Gasteiger partial charge < -0.3 is 4.74 Å². The molecular weight excluding hydrogens is 431 g/mol. The first kappa shape index (κ1) is 21.8. The maximum atomic E-state index is 12.7. The van der Waals surface area contributed by atoms with Gasteiger partial charge in [0.25, 0.3) is 0 Å². The van der Waals surface area contributed by atoms with Crippen molar-refractivity contribution >= 4 is 31.3 Å². The summed E-state index contributed by atoms with van der Waals surface area (Å²) in [5, 5.41) is 0.874. The number of hydrogen-bond donors (Lipinski definition) is 0. The fraction of sp³-hybridized carbons (Fsp3) is 0.421. The smallest absolute Gasteiger partial charge is 0.352 e. The Bertz CT molecular complexity index is 1110. The first-order chi connectivity index (χ1) is 13.6. The standard InChI is InChI=1S/C19H24Cl2N4O3Si/c1-23-17-16(25(18(26)22-17)12-28-7-8-29(2,3)4)11-24(19(23)27)10-13-5-6-14(20)15(21)9-13/h5-6,9,11H,7-8,10,12H2,1-4H3. The lowest BCUT2D eigenvalue weighted by molar-refractivity contribution is 0.0860. The topological polar surface area (TPSA) is 71.0 Å². The van der Waals surface area contributed by atoms with E-state index < -0.39 is 13.8 Å². The molecule has 0 spiro atoms. The predicted octanol–water partition coefficient (Wildman–Crippen LogP) is 3.52. The van der Waals surface area contributed by atoms with Crippen LogP contribution in [0, 0.1) is 0 Å². The summed E-state index contributed by atoms with van der Waals surface area (Å²) in [5.74, 6) is 0.333. The highest BCUT2D eigenvalue weighted by Gasteiger charge is 2.21. The summed E-state index contributed by atoms with van der Waals surface area (Å²) >= 11 is 12.1. The summed E-state index contributed by atoms with van der Waals surface area (Å²) in [6.07, 6.45) is 1.64. The molecular formula is C19H24Cl2N4O3Si. The highest BCUT2D eigenvalue weighted by atomic mass is 35.5. The molecule has 1 aromatic carbocycles. The van der Waals surface area contributed by atoms with Gasteiger partial charge >= 0.3 is 11.4 Å². The molecule has 0 saturated heterocycles. The van der Waals surface area contributed by atoms with E-state index in [-0.39, 0.29) is 19.0 Å². The van der Waals surface area contributed by atoms with Crippen LogP contribution in [0.5, 0.6) is 0 Å². The minimum absolute atomic E-state index is 0.102. The van der Waals surface area contributed by atoms with Crippen LogP contribution >= 0.6 is 23.2 Å². The number of rotatable bonds is 7. The summed E-state index contributed by atoms with van der Waals surface area (Å²) in [7, 11) is 0.374. The molecule has 2 aliphatic rings. The molecule has 29 heavy (non-hydrogen) atoms. The Balaban J connectivity index is 1.92. The zero-order valence-electron chi connectivity index (χ0n) is 16.9. The van der Waals surface area contributed by atoms with Gasteiger partial charge in [-0.1, -0.05) is 48.9 Å². The molecule has 0 unspecified atom stereocenters. The van der Waals surface area contributed by atoms with Crippen LogP contribution < -0.4 is 11.4 Å². The Morgan fingerprint density at radius 2 is 1.86 bits per heavy atom. The molecule has 7 nitrogen and oxygen atoms in total. The molecule has 0 amide bonds. The number of fused-ring (bicyclic) bond motifs is 1. The van der Waals surface area contributed by atoms with Crippen molar-refractivity contribution in [2.24, 2.45) is 7.05 Å². The Morgan fingerprint density at radius 1 is 1.14 bits per heavy atom. The van der Waals surface area contributed by atoms with Gasteiger partial charge in [0.2, 0.25) is 0 Å². The van der Waals surface area contributed by atoms with Gasteiger partial charge in [-0.2, -0.15) is 4.98 Å². The van der Waals surface area contributed by atoms with Crippen molar-refractivity contribution in [2.45, 2.75) is 39.0 Å². The number of hydrogen-bond acceptors (Lipinski definition) is 4. The summed E-state index contributed by atoms with van der Waals surface area (Å²) in [4.78, 5) is 29.1. The van der Waals surface area contributed by atoms with Crippen molar-refractivity contribution in [2.75, 3.05) is 6.61 Å². The number of imidazole rings is 1. The molecule has 10 heteroatoms. The van der Waals surface area contributed by atoms with Crippen LogP contribution in [-0.2, 0) is 25.1 Å². The van der Waals surface area contributed by atoms with Gasteiger partial charge in [0, 0.05) is 27.9 Å². The maximum Gasteiger partial charge on any atom is 0.352 e. The summed E-state index contributed by atoms with van der Waals surface area (Å²) in [6.45, 7) is 7.78. The molecule has 0 N–H and O–H groups in total. The number of aromatic nitrogens is 4. The van der Waals surface area contributed by atoms with E-state index in [1.54, 1.807) is 31.4 Å². The first-order valence-electron chi connectivity index (χ1n) is 9.25. The lowest BCUT2D eigenvalue weighted by Gasteiger charge is -2.16. The van der Waals surface area contributed by atoms with Gasteiger partial charge in [0.1, 0.15) is 12.4 Å². The average molecular weight is 455 g/mol. The van der Waals surface area contributed by atoms with Gasteiger partial charge in [0.15, 0.2) is 5.82 Å². The van der Waals surface area contributed by atoms with Crippen LogP contribution in [0.3, 0.4) is 0 Å². The third kappa shape index (κ3) is 5.00. The largest absolute Gasteiger partial charge is 0.361 e. The lowest BCUT2D eigenvalue weighted by atomic mass is 10.2. The second-order valence-electron chi connectivity index (χ2n) is 8.23. The van der Waals surface area contributed by atoms with Crippen LogP contribution in [0.1, 0.15) is 5.56 Å². The van der Waals surface area contributed by atoms with Crippen molar-refractivity contribution < 1.29 is 4.74 Å². The Labute approximate surface area is 179 Å². The summed E-state index contributed by atoms with van der Waals surface area (Å²) < 4.78 is 10.1. The van der Waals surface area contributed by atoms with E-state index in [1.165, 1.54) is 13.7 Å². The molecule has 0 radical (unpaired) electrons. The SMILES string of the molecule is Cn1c2nc(=O)n(COCC[Si](C)(C)C)c-2cn(Cc2ccc(Cl)c(Cl)c2)c1=O. The van der Waals surface area contributed by atoms with Crippen LogP contribution in [0.15, 0.2) is 34.0 Å². The minimum Gasteiger partial charge on any atom is -0.361 e. The van der Waals surface area contributed by atoms with E-state index in [4.69, 9.17) is 27.9 Å². The number of ether oxygens (including phenoxy) is 1. The molecule has 3 rings (SSSR count). The van der Waals surface area contributed by atoms with Crippen LogP contribution in [0.2, 0.25) is 35.7 Å². The molecule has 0 bridgehead atoms. The van der Waals surface area contributed by atoms with Gasteiger partial charge in [-0.05, 0) is 23.7 Å². The van der Waals surface area contributed by atoms with Gasteiger partial charge in [-0.15, -0.1) is 0 Å². The molecule has 156 valence electrons. The van der Waals surface area contributed by atoms with E-state index >= 15 is 0 Å². The van der Waals surface area contributed by atoms with Gasteiger partial charge in [-0.25, -0.2) is 9.59 Å². The molecule has 1 aromatic rings. The molecule has 0 aliphatic carbocycles. The Hall–Kier alpha value is -1.87. The third-order valence-electron chi connectivity index (χ3n) is 4.63. The highest BCUT2D eigenvalue weighted by Crippen LogP contribution is 2.23. The maximum absolute atomic E-state index is 12.7. The third-order valence-corrected chi connectivity index (χ3v) is 7.08. The van der Waals surface area contributed by atoms with Crippen LogP contribution in [-0.4, -0.2) is 33.4 Å². The van der Waals surface area contributed by atoms with Crippen LogP contribution in [0.4, 0.5) is 0 Å². The van der Waals surface area contributed by atoms with Crippen molar-refractivity contribution in [1.29, 1.82) is 0 Å². The van der Waals surface area contributed by atoms with E-state index in [9.17, 15) is 9.59 Å². The fourth-order valence-electron chi connectivity index (χ4n) is 2.90. The Morgan fingerprint density at radius 3 is 2.52 bits per heavy atom. The van der Waals surface area contributed by atoms with Crippen molar-refractivity contribution in [1.82, 2.24) is 18.7 Å². The molecule has 0 fully saturated rings. The molecule has 2 heterocycles. The summed E-state index contributed by atoms with van der Waals surface area (Å²) in [6, 6.07) is 6.22. The minimum atomic E-state index is -1.22. The Kier molecular flexibility index (Phi) is 6.38. The monoisotopic (exact) mass is 454 g/mol. The number of benzene rings is 1. The summed E-state index contributed by atoms with van der Waals surface area (Å²) in [5.41, 5.74) is 0.647. The first-order valence-corrected chi connectivity index (χ1v) is 13.7. The van der Waals surface area contributed by atoms with Crippen LogP contribution in [0.25, 0.3) is 11.5 Å². The van der Waals surface area contributed by atoms with E-state index in [2.05, 4.69) is 24.6 Å². The molecule has 0 saturated carbocycles. The number of nitrogens with zero attached hydrogens (tertiary/aromatic N) is 4.